The molecule has 0 amide bonds. The van der Waals surface area contributed by atoms with Crippen LogP contribution in [0, 0.1) is 0 Å². The lowest BCUT2D eigenvalue weighted by atomic mass is 10.4. The highest BCUT2D eigenvalue weighted by Gasteiger charge is 1.95. The van der Waals surface area contributed by atoms with Crippen molar-refractivity contribution >= 4 is 12.3 Å². The molecule has 0 saturated carbocycles. The first-order valence-corrected chi connectivity index (χ1v) is 5.50. The van der Waals surface area contributed by atoms with Crippen molar-refractivity contribution < 1.29 is 59.8 Å². The standard InChI is InChI=1S/2C4H10O3.2CH2O3/c2*1-4(6-2)3-7-5;2*2-1(3)4/h2*4-5H,3H2,1-2H3;2*(H2,2,3,4). The lowest BCUT2D eigenvalue weighted by molar-refractivity contribution is -0.257. The van der Waals surface area contributed by atoms with Gasteiger partial charge in [-0.05, 0) is 13.8 Å². The Morgan fingerprint density at radius 2 is 0.955 bits per heavy atom. The molecule has 0 aromatic heterocycles. The molecule has 0 heterocycles. The molecule has 6 N–H and O–H groups in total. The molecule has 0 fully saturated rings. The molecule has 0 rings (SSSR count). The molecule has 0 aliphatic rings. The quantitative estimate of drug-likeness (QED) is 0.302. The molecule has 2 atom stereocenters. The van der Waals surface area contributed by atoms with E-state index in [1.165, 1.54) is 0 Å². The second kappa shape index (κ2) is 24.3. The van der Waals surface area contributed by atoms with Gasteiger partial charge in [-0.2, -0.15) is 0 Å². The third kappa shape index (κ3) is 79.5. The number of carbonyl (C=O) groups is 2. The maximum absolute atomic E-state index is 8.56. The lowest BCUT2D eigenvalue weighted by Gasteiger charge is -2.03. The fourth-order valence-electron chi connectivity index (χ4n) is 0.346. The van der Waals surface area contributed by atoms with E-state index in [9.17, 15) is 0 Å². The van der Waals surface area contributed by atoms with Gasteiger partial charge in [0.15, 0.2) is 0 Å². The second-order valence-corrected chi connectivity index (χ2v) is 3.25. The van der Waals surface area contributed by atoms with Crippen molar-refractivity contribution in [3.8, 4) is 0 Å². The lowest BCUT2D eigenvalue weighted by Crippen LogP contribution is -2.11. The van der Waals surface area contributed by atoms with Crippen molar-refractivity contribution in [1.82, 2.24) is 0 Å². The van der Waals surface area contributed by atoms with Crippen LogP contribution in [0.3, 0.4) is 0 Å². The van der Waals surface area contributed by atoms with E-state index >= 15 is 0 Å². The highest BCUT2D eigenvalue weighted by atomic mass is 17.1. The van der Waals surface area contributed by atoms with Crippen LogP contribution in [0.2, 0.25) is 0 Å². The molecule has 0 saturated heterocycles. The first-order valence-electron chi connectivity index (χ1n) is 5.50. The summed E-state index contributed by atoms with van der Waals surface area (Å²) in [5.74, 6) is 0. The molecule has 0 aromatic carbocycles. The highest BCUT2D eigenvalue weighted by molar-refractivity contribution is 5.53. The van der Waals surface area contributed by atoms with Crippen LogP contribution < -0.4 is 0 Å². The average molecular weight is 336 g/mol. The molecule has 0 aliphatic heterocycles. The van der Waals surface area contributed by atoms with Crippen molar-refractivity contribution in [3.05, 3.63) is 0 Å². The predicted octanol–water partition coefficient (Wildman–Crippen LogP) is 1.47. The maximum Gasteiger partial charge on any atom is 0.503 e. The summed E-state index contributed by atoms with van der Waals surface area (Å²) in [4.78, 5) is 24.7. The molecule has 22 heavy (non-hydrogen) atoms. The third-order valence-corrected chi connectivity index (χ3v) is 1.42. The summed E-state index contributed by atoms with van der Waals surface area (Å²) in [5.41, 5.74) is 0. The fourth-order valence-corrected chi connectivity index (χ4v) is 0.346. The monoisotopic (exact) mass is 336 g/mol. The van der Waals surface area contributed by atoms with E-state index in [2.05, 4.69) is 9.78 Å². The Morgan fingerprint density at radius 1 is 0.773 bits per heavy atom. The fraction of sp³-hybridized carbons (Fsp3) is 0.800. The molecule has 136 valence electrons. The van der Waals surface area contributed by atoms with Crippen LogP contribution in [0.25, 0.3) is 0 Å². The van der Waals surface area contributed by atoms with Crippen LogP contribution >= 0.6 is 0 Å². The third-order valence-electron chi connectivity index (χ3n) is 1.42. The Balaban J connectivity index is -0.000000102. The summed E-state index contributed by atoms with van der Waals surface area (Å²) in [6.45, 7) is 4.07. The molecule has 0 spiro atoms. The van der Waals surface area contributed by atoms with Crippen LogP contribution in [0.1, 0.15) is 13.8 Å². The van der Waals surface area contributed by atoms with E-state index in [0.717, 1.165) is 0 Å². The van der Waals surface area contributed by atoms with Crippen LogP contribution in [-0.4, -0.2) is 82.9 Å². The Morgan fingerprint density at radius 3 is 1.00 bits per heavy atom. The van der Waals surface area contributed by atoms with Gasteiger partial charge in [-0.1, -0.05) is 0 Å². The first-order chi connectivity index (χ1) is 10.1. The van der Waals surface area contributed by atoms with Gasteiger partial charge in [-0.25, -0.2) is 19.4 Å². The Labute approximate surface area is 126 Å². The van der Waals surface area contributed by atoms with Crippen molar-refractivity contribution in [2.75, 3.05) is 27.4 Å². The first kappa shape index (κ1) is 28.5. The number of carboxylic acid groups (broad SMARTS) is 4. The van der Waals surface area contributed by atoms with Gasteiger partial charge in [0.25, 0.3) is 0 Å². The zero-order chi connectivity index (χ0) is 18.6. The van der Waals surface area contributed by atoms with Crippen molar-refractivity contribution in [1.29, 1.82) is 0 Å². The summed E-state index contributed by atoms with van der Waals surface area (Å²) in [7, 11) is 3.12. The highest BCUT2D eigenvalue weighted by Crippen LogP contribution is 1.85. The van der Waals surface area contributed by atoms with E-state index in [1.54, 1.807) is 28.1 Å². The molecule has 12 heteroatoms. The van der Waals surface area contributed by atoms with Gasteiger partial charge in [-0.15, -0.1) is 0 Å². The molecular weight excluding hydrogens is 312 g/mol. The van der Waals surface area contributed by atoms with Crippen LogP contribution in [0.4, 0.5) is 9.59 Å². The smallest absolute Gasteiger partial charge is 0.450 e. The minimum atomic E-state index is -1.83. The summed E-state index contributed by atoms with van der Waals surface area (Å²) in [5, 5.41) is 43.5. The Kier molecular flexibility index (Phi) is 31.5. The van der Waals surface area contributed by atoms with Gasteiger partial charge < -0.3 is 29.9 Å². The maximum atomic E-state index is 8.56. The minimum absolute atomic E-state index is 0.0231. The van der Waals surface area contributed by atoms with Crippen molar-refractivity contribution in [2.45, 2.75) is 26.1 Å². The molecule has 0 bridgehead atoms. The number of methoxy groups -OCH3 is 2. The van der Waals surface area contributed by atoms with E-state index in [4.69, 9.17) is 50.0 Å². The molecule has 0 radical (unpaired) electrons. The van der Waals surface area contributed by atoms with Gasteiger partial charge >= 0.3 is 12.3 Å². The van der Waals surface area contributed by atoms with Crippen LogP contribution in [0.5, 0.6) is 0 Å². The Hall–Kier alpha value is -1.70. The zero-order valence-electron chi connectivity index (χ0n) is 12.7. The van der Waals surface area contributed by atoms with Gasteiger partial charge in [-0.3, -0.25) is 10.5 Å². The average Bonchev–Trinajstić information content (AvgIpc) is 2.38. The van der Waals surface area contributed by atoms with Gasteiger partial charge in [0.05, 0.1) is 12.2 Å². The van der Waals surface area contributed by atoms with E-state index < -0.39 is 12.3 Å². The summed E-state index contributed by atoms with van der Waals surface area (Å²) in [6, 6.07) is 0. The number of rotatable bonds is 6. The Bertz CT molecular complexity index is 202. The van der Waals surface area contributed by atoms with Gasteiger partial charge in [0.1, 0.15) is 13.2 Å². The van der Waals surface area contributed by atoms with Gasteiger partial charge in [0, 0.05) is 14.2 Å². The normalized spacial score (nSPS) is 11.2. The van der Waals surface area contributed by atoms with Crippen LogP contribution in [-0.2, 0) is 19.2 Å². The molecule has 12 nitrogen and oxygen atoms in total. The van der Waals surface area contributed by atoms with Crippen molar-refractivity contribution in [2.24, 2.45) is 0 Å². The number of hydrogen-bond acceptors (Lipinski definition) is 8. The van der Waals surface area contributed by atoms with E-state index in [-0.39, 0.29) is 25.4 Å². The largest absolute Gasteiger partial charge is 0.503 e. The second-order valence-electron chi connectivity index (χ2n) is 3.25. The summed E-state index contributed by atoms with van der Waals surface area (Å²) < 4.78 is 9.41. The van der Waals surface area contributed by atoms with Crippen molar-refractivity contribution in [3.63, 3.8) is 0 Å². The van der Waals surface area contributed by atoms with Crippen LogP contribution in [0.15, 0.2) is 0 Å². The number of hydrogen-bond donors (Lipinski definition) is 6. The molecule has 2 unspecified atom stereocenters. The SMILES string of the molecule is COC(C)COO.COC(C)COO.O=C(O)O.O=C(O)O. The number of ether oxygens (including phenoxy) is 2. The van der Waals surface area contributed by atoms with E-state index in [1.807, 2.05) is 0 Å². The van der Waals surface area contributed by atoms with E-state index in [0.29, 0.717) is 0 Å². The molecule has 0 aromatic rings. The predicted molar refractivity (Wildman–Crippen MR) is 71.4 cm³/mol. The summed E-state index contributed by atoms with van der Waals surface area (Å²) in [6.07, 6.45) is -3.71. The topological polar surface area (TPSA) is 192 Å². The minimum Gasteiger partial charge on any atom is -0.450 e. The molecular formula is C10H24O12. The molecule has 0 aliphatic carbocycles. The summed E-state index contributed by atoms with van der Waals surface area (Å²) >= 11 is 0. The zero-order valence-corrected chi connectivity index (χ0v) is 12.7. The van der Waals surface area contributed by atoms with Gasteiger partial charge in [0.2, 0.25) is 0 Å².